The van der Waals surface area contributed by atoms with Gasteiger partial charge in [-0.2, -0.15) is 0 Å². The molecule has 6 nitrogen and oxygen atoms in total. The van der Waals surface area contributed by atoms with Crippen LogP contribution in [0.5, 0.6) is 0 Å². The van der Waals surface area contributed by atoms with Gasteiger partial charge in [-0.05, 0) is 46.9 Å². The summed E-state index contributed by atoms with van der Waals surface area (Å²) < 4.78 is 4.76. The summed E-state index contributed by atoms with van der Waals surface area (Å²) in [6, 6.07) is 4.09. The summed E-state index contributed by atoms with van der Waals surface area (Å²) in [6.45, 7) is 4.18. The smallest absolute Gasteiger partial charge is 0.267 e. The van der Waals surface area contributed by atoms with E-state index >= 15 is 0 Å². The molecular formula is C24H14N4O2S3. The van der Waals surface area contributed by atoms with Crippen molar-refractivity contribution in [3.8, 4) is 0 Å². The second kappa shape index (κ2) is 5.85. The zero-order valence-electron chi connectivity index (χ0n) is 17.6. The zero-order chi connectivity index (χ0) is 22.2. The lowest BCUT2D eigenvalue weighted by Crippen LogP contribution is -2.12. The molecule has 0 atom stereocenters. The molecule has 0 amide bonds. The SMILES string of the molecule is CCc1csc2nc3c4ccc5c6c(sc(c(=O)n3c12)c46)c(=O)n1c5nc2scc(CC)c21. The maximum atomic E-state index is 13.8. The van der Waals surface area contributed by atoms with Gasteiger partial charge in [0, 0.05) is 21.5 Å². The highest BCUT2D eigenvalue weighted by molar-refractivity contribution is 7.26. The molecule has 0 bridgehead atoms. The number of thiophene rings is 3. The van der Waals surface area contributed by atoms with Gasteiger partial charge in [-0.1, -0.05) is 13.8 Å². The number of pyridine rings is 2. The van der Waals surface area contributed by atoms with Crippen LogP contribution >= 0.6 is 34.0 Å². The third-order valence-electron chi connectivity index (χ3n) is 6.83. The van der Waals surface area contributed by atoms with Gasteiger partial charge in [0.2, 0.25) is 0 Å². The second-order valence-electron chi connectivity index (χ2n) is 8.36. The Balaban J connectivity index is 1.68. The third-order valence-corrected chi connectivity index (χ3v) is 9.81. The average molecular weight is 487 g/mol. The Morgan fingerprint density at radius 2 is 1.21 bits per heavy atom. The minimum Gasteiger partial charge on any atom is -0.267 e. The Morgan fingerprint density at radius 1 is 0.758 bits per heavy atom. The first-order valence-corrected chi connectivity index (χ1v) is 13.4. The van der Waals surface area contributed by atoms with Gasteiger partial charge >= 0.3 is 0 Å². The lowest BCUT2D eigenvalue weighted by molar-refractivity contribution is 1.12. The normalized spacial score (nSPS) is 13.0. The Bertz CT molecular complexity index is 2050. The van der Waals surface area contributed by atoms with Gasteiger partial charge in [0.15, 0.2) is 0 Å². The molecule has 0 saturated heterocycles. The summed E-state index contributed by atoms with van der Waals surface area (Å²) >= 11 is 4.47. The largest absolute Gasteiger partial charge is 0.274 e. The van der Waals surface area contributed by atoms with Crippen LogP contribution in [0.3, 0.4) is 0 Å². The van der Waals surface area contributed by atoms with Crippen LogP contribution in [0.1, 0.15) is 25.0 Å². The number of hydrogen-bond acceptors (Lipinski definition) is 7. The van der Waals surface area contributed by atoms with Crippen LogP contribution in [0.2, 0.25) is 0 Å². The van der Waals surface area contributed by atoms with E-state index in [0.29, 0.717) is 20.7 Å². The van der Waals surface area contributed by atoms with E-state index < -0.39 is 0 Å². The molecule has 0 saturated carbocycles. The van der Waals surface area contributed by atoms with E-state index in [2.05, 4.69) is 24.6 Å². The van der Waals surface area contributed by atoms with E-state index in [-0.39, 0.29) is 11.1 Å². The Morgan fingerprint density at radius 3 is 1.64 bits per heavy atom. The number of rotatable bonds is 2. The molecule has 0 unspecified atom stereocenters. The minimum absolute atomic E-state index is 0.0891. The first kappa shape index (κ1) is 18.3. The lowest BCUT2D eigenvalue weighted by Gasteiger charge is -2.06. The number of fused-ring (bicyclic) bond motifs is 8. The number of imidazole rings is 2. The fourth-order valence-electron chi connectivity index (χ4n) is 5.31. The highest BCUT2D eigenvalue weighted by Crippen LogP contribution is 2.42. The maximum absolute atomic E-state index is 13.8. The van der Waals surface area contributed by atoms with Crippen LogP contribution in [0, 0.1) is 0 Å². The first-order valence-electron chi connectivity index (χ1n) is 10.8. The standard InChI is InChI=1S/C24H14N4O2S3/c1-3-9-7-31-21-15(9)27-19(25-21)11-5-6-12-14-13(11)17(23(27)29)33-18(14)24(30)28-16-10(4-2)8-32-22(16)26-20(12)28/h5-8H,3-4H2,1-2H3. The molecule has 9 heteroatoms. The van der Waals surface area contributed by atoms with Crippen LogP contribution in [-0.4, -0.2) is 18.8 Å². The van der Waals surface area contributed by atoms with Crippen LogP contribution < -0.4 is 11.1 Å². The highest BCUT2D eigenvalue weighted by Gasteiger charge is 2.26. The fraction of sp³-hybridized carbons (Fsp3) is 0.167. The maximum Gasteiger partial charge on any atom is 0.274 e. The predicted molar refractivity (Wildman–Crippen MR) is 139 cm³/mol. The van der Waals surface area contributed by atoms with E-state index in [9.17, 15) is 9.59 Å². The molecule has 7 aromatic heterocycles. The predicted octanol–water partition coefficient (Wildman–Crippen LogP) is 5.65. The summed E-state index contributed by atoms with van der Waals surface area (Å²) in [5.74, 6) is 0. The Kier molecular flexibility index (Phi) is 3.25. The van der Waals surface area contributed by atoms with Crippen LogP contribution in [0.15, 0.2) is 32.5 Å². The van der Waals surface area contributed by atoms with Crippen molar-refractivity contribution in [1.82, 2.24) is 18.8 Å². The van der Waals surface area contributed by atoms with Crippen molar-refractivity contribution in [2.24, 2.45) is 0 Å². The van der Waals surface area contributed by atoms with Crippen molar-refractivity contribution in [1.29, 1.82) is 0 Å². The molecule has 8 aromatic rings. The molecule has 7 heterocycles. The molecule has 0 N–H and O–H groups in total. The quantitative estimate of drug-likeness (QED) is 0.296. The molecule has 33 heavy (non-hydrogen) atoms. The van der Waals surface area contributed by atoms with Gasteiger partial charge in [-0.25, -0.2) is 9.97 Å². The van der Waals surface area contributed by atoms with Crippen molar-refractivity contribution in [2.45, 2.75) is 26.7 Å². The zero-order valence-corrected chi connectivity index (χ0v) is 20.0. The van der Waals surface area contributed by atoms with E-state index in [0.717, 1.165) is 66.2 Å². The van der Waals surface area contributed by atoms with Crippen LogP contribution in [-0.2, 0) is 12.8 Å². The van der Waals surface area contributed by atoms with Crippen molar-refractivity contribution in [3.05, 3.63) is 54.7 Å². The van der Waals surface area contributed by atoms with Gasteiger partial charge in [0.1, 0.15) is 30.4 Å². The van der Waals surface area contributed by atoms with Gasteiger partial charge < -0.3 is 0 Å². The molecule has 1 aromatic carbocycles. The van der Waals surface area contributed by atoms with Gasteiger partial charge in [0.25, 0.3) is 11.1 Å². The molecule has 0 aliphatic heterocycles. The van der Waals surface area contributed by atoms with E-state index in [4.69, 9.17) is 9.97 Å². The second-order valence-corrected chi connectivity index (χ2v) is 11.1. The monoisotopic (exact) mass is 486 g/mol. The van der Waals surface area contributed by atoms with Crippen LogP contribution in [0.25, 0.3) is 62.9 Å². The molecule has 8 rings (SSSR count). The topological polar surface area (TPSA) is 68.7 Å². The lowest BCUT2D eigenvalue weighted by atomic mass is 10.0. The third kappa shape index (κ3) is 1.93. The summed E-state index contributed by atoms with van der Waals surface area (Å²) in [4.78, 5) is 39.1. The molecule has 0 radical (unpaired) electrons. The highest BCUT2D eigenvalue weighted by atomic mass is 32.1. The summed E-state index contributed by atoms with van der Waals surface area (Å²) in [5.41, 5.74) is 5.24. The molecule has 160 valence electrons. The van der Waals surface area contributed by atoms with Crippen molar-refractivity contribution in [3.63, 3.8) is 0 Å². The van der Waals surface area contributed by atoms with Crippen molar-refractivity contribution in [2.75, 3.05) is 0 Å². The van der Waals surface area contributed by atoms with E-state index in [1.807, 2.05) is 12.1 Å². The van der Waals surface area contributed by atoms with Crippen molar-refractivity contribution >= 4 is 96.9 Å². The number of hydrogen-bond donors (Lipinski definition) is 0. The van der Waals surface area contributed by atoms with Crippen LogP contribution in [0.4, 0.5) is 0 Å². The van der Waals surface area contributed by atoms with E-state index in [1.165, 1.54) is 11.3 Å². The van der Waals surface area contributed by atoms with Crippen molar-refractivity contribution < 1.29 is 0 Å². The molecule has 0 fully saturated rings. The molecule has 0 spiro atoms. The number of aromatic nitrogens is 4. The average Bonchev–Trinajstić information content (AvgIpc) is 3.60. The molecule has 0 aliphatic rings. The van der Waals surface area contributed by atoms with E-state index in [1.54, 1.807) is 31.5 Å². The number of aryl methyl sites for hydroxylation is 2. The fourth-order valence-corrected chi connectivity index (χ4v) is 8.51. The molecule has 0 aliphatic carbocycles. The Labute approximate surface area is 196 Å². The minimum atomic E-state index is -0.0891. The summed E-state index contributed by atoms with van der Waals surface area (Å²) in [5, 5.41) is 7.70. The summed E-state index contributed by atoms with van der Waals surface area (Å²) in [7, 11) is 0. The number of benzene rings is 1. The Hall–Kier alpha value is -3.14. The first-order chi connectivity index (χ1) is 16.1. The van der Waals surface area contributed by atoms with Gasteiger partial charge in [-0.3, -0.25) is 18.4 Å². The number of nitrogens with zero attached hydrogens (tertiary/aromatic N) is 4. The summed E-state index contributed by atoms with van der Waals surface area (Å²) in [6.07, 6.45) is 1.68. The molecular weight excluding hydrogens is 472 g/mol. The van der Waals surface area contributed by atoms with Gasteiger partial charge in [-0.15, -0.1) is 34.0 Å². The van der Waals surface area contributed by atoms with Gasteiger partial charge in [0.05, 0.1) is 11.0 Å².